The smallest absolute Gasteiger partial charge is 0.253 e. The number of ether oxygens (including phenoxy) is 2. The minimum Gasteiger partial charge on any atom is -0.495 e. The monoisotopic (exact) mass is 467 g/mol. The fourth-order valence-corrected chi connectivity index (χ4v) is 4.35. The first-order chi connectivity index (χ1) is 16.1. The zero-order chi connectivity index (χ0) is 23.2. The maximum absolute atomic E-state index is 13.1. The van der Waals surface area contributed by atoms with E-state index in [1.165, 1.54) is 0 Å². The Hall–Kier alpha value is -2.80. The molecule has 1 aliphatic rings. The number of morpholine rings is 1. The van der Waals surface area contributed by atoms with Crippen molar-refractivity contribution < 1.29 is 14.3 Å². The predicted molar refractivity (Wildman–Crippen MR) is 132 cm³/mol. The van der Waals surface area contributed by atoms with Gasteiger partial charge in [-0.2, -0.15) is 0 Å². The van der Waals surface area contributed by atoms with Crippen molar-refractivity contribution in [3.63, 3.8) is 0 Å². The number of amides is 1. The second kappa shape index (κ2) is 10.9. The molecule has 1 aliphatic heterocycles. The lowest BCUT2D eigenvalue weighted by molar-refractivity contribution is 0.0374. The highest BCUT2D eigenvalue weighted by atomic mass is 35.5. The molecule has 0 bridgehead atoms. The lowest BCUT2D eigenvalue weighted by atomic mass is 10.1. The number of aromatic nitrogens is 1. The Bertz CT molecular complexity index is 1090. The van der Waals surface area contributed by atoms with Gasteiger partial charge in [-0.15, -0.1) is 0 Å². The van der Waals surface area contributed by atoms with Crippen molar-refractivity contribution in [3.8, 4) is 22.7 Å². The highest BCUT2D eigenvalue weighted by molar-refractivity contribution is 6.30. The molecular weight excluding hydrogens is 438 g/mol. The van der Waals surface area contributed by atoms with Crippen LogP contribution in [-0.4, -0.2) is 61.9 Å². The maximum Gasteiger partial charge on any atom is 0.253 e. The van der Waals surface area contributed by atoms with Crippen LogP contribution in [0.5, 0.6) is 5.75 Å². The molecule has 2 heterocycles. The first kappa shape index (κ1) is 23.4. The molecule has 6 nitrogen and oxygen atoms in total. The van der Waals surface area contributed by atoms with Crippen molar-refractivity contribution in [1.29, 1.82) is 0 Å². The standard InChI is InChI=1S/C26H30ClN3O3/c1-19-22(26(31)28-12-5-13-29-14-16-33-17-15-29)18-24(20-8-10-21(27)11-9-20)30(19)23-6-3-4-7-25(23)32-2/h3-4,6-11,18H,5,12-17H2,1-2H3,(H,28,31). The molecule has 3 aromatic rings. The maximum atomic E-state index is 13.1. The number of para-hydroxylation sites is 2. The van der Waals surface area contributed by atoms with Crippen LogP contribution in [0, 0.1) is 6.92 Å². The molecule has 0 aliphatic carbocycles. The summed E-state index contributed by atoms with van der Waals surface area (Å²) in [7, 11) is 1.65. The molecule has 1 aromatic heterocycles. The Kier molecular flexibility index (Phi) is 7.70. The van der Waals surface area contributed by atoms with Gasteiger partial charge in [0.05, 0.1) is 37.3 Å². The first-order valence-electron chi connectivity index (χ1n) is 11.3. The van der Waals surface area contributed by atoms with Gasteiger partial charge in [0.15, 0.2) is 0 Å². The van der Waals surface area contributed by atoms with Gasteiger partial charge in [0.2, 0.25) is 0 Å². The predicted octanol–water partition coefficient (Wildman–Crippen LogP) is 4.57. The van der Waals surface area contributed by atoms with Gasteiger partial charge >= 0.3 is 0 Å². The van der Waals surface area contributed by atoms with Crippen LogP contribution in [0.15, 0.2) is 54.6 Å². The number of carbonyl (C=O) groups excluding carboxylic acids is 1. The van der Waals surface area contributed by atoms with Crippen LogP contribution < -0.4 is 10.1 Å². The number of hydrogen-bond acceptors (Lipinski definition) is 4. The van der Waals surface area contributed by atoms with Crippen molar-refractivity contribution in [2.45, 2.75) is 13.3 Å². The van der Waals surface area contributed by atoms with E-state index in [9.17, 15) is 4.79 Å². The average Bonchev–Trinajstić information content (AvgIpc) is 3.19. The number of hydrogen-bond donors (Lipinski definition) is 1. The summed E-state index contributed by atoms with van der Waals surface area (Å²) in [5, 5.41) is 3.77. The molecule has 33 heavy (non-hydrogen) atoms. The lowest BCUT2D eigenvalue weighted by Crippen LogP contribution is -2.38. The third kappa shape index (κ3) is 5.41. The highest BCUT2D eigenvalue weighted by Gasteiger charge is 2.21. The molecule has 7 heteroatoms. The fraction of sp³-hybridized carbons (Fsp3) is 0.346. The Morgan fingerprint density at radius 1 is 1.12 bits per heavy atom. The van der Waals surface area contributed by atoms with Crippen LogP contribution in [0.4, 0.5) is 0 Å². The molecule has 174 valence electrons. The van der Waals surface area contributed by atoms with E-state index < -0.39 is 0 Å². The largest absolute Gasteiger partial charge is 0.495 e. The number of benzene rings is 2. The van der Waals surface area contributed by atoms with Gasteiger partial charge in [-0.1, -0.05) is 35.9 Å². The summed E-state index contributed by atoms with van der Waals surface area (Å²) < 4.78 is 13.1. The van der Waals surface area contributed by atoms with Gasteiger partial charge in [0, 0.05) is 30.4 Å². The SMILES string of the molecule is COc1ccccc1-n1c(-c2ccc(Cl)cc2)cc(C(=O)NCCCN2CCOCC2)c1C. The van der Waals surface area contributed by atoms with Crippen LogP contribution in [0.25, 0.3) is 16.9 Å². The number of halogens is 1. The zero-order valence-electron chi connectivity index (χ0n) is 19.1. The second-order valence-electron chi connectivity index (χ2n) is 8.11. The highest BCUT2D eigenvalue weighted by Crippen LogP contribution is 2.34. The molecule has 1 fully saturated rings. The molecule has 0 spiro atoms. The van der Waals surface area contributed by atoms with Crippen molar-refractivity contribution >= 4 is 17.5 Å². The number of carbonyl (C=O) groups is 1. The van der Waals surface area contributed by atoms with Gasteiger partial charge in [-0.05, 0) is 55.8 Å². The fourth-order valence-electron chi connectivity index (χ4n) is 4.22. The molecular formula is C26H30ClN3O3. The van der Waals surface area contributed by atoms with Crippen molar-refractivity contribution in [2.24, 2.45) is 0 Å². The first-order valence-corrected chi connectivity index (χ1v) is 11.7. The Morgan fingerprint density at radius 2 is 1.85 bits per heavy atom. The number of methoxy groups -OCH3 is 1. The van der Waals surface area contributed by atoms with Crippen molar-refractivity contribution in [1.82, 2.24) is 14.8 Å². The normalized spacial score (nSPS) is 14.3. The van der Waals surface area contributed by atoms with Crippen LogP contribution >= 0.6 is 11.6 Å². The van der Waals surface area contributed by atoms with Gasteiger partial charge in [-0.25, -0.2) is 0 Å². The minimum atomic E-state index is -0.0710. The number of nitrogens with zero attached hydrogens (tertiary/aromatic N) is 2. The topological polar surface area (TPSA) is 55.7 Å². The van der Waals surface area contributed by atoms with Crippen LogP contribution in [0.2, 0.25) is 5.02 Å². The Balaban J connectivity index is 1.59. The molecule has 2 aromatic carbocycles. The Morgan fingerprint density at radius 3 is 2.58 bits per heavy atom. The van der Waals surface area contributed by atoms with Gasteiger partial charge < -0.3 is 19.4 Å². The summed E-state index contributed by atoms with van der Waals surface area (Å²) in [6.45, 7) is 7.05. The summed E-state index contributed by atoms with van der Waals surface area (Å²) in [6.07, 6.45) is 0.905. The molecule has 1 N–H and O–H groups in total. The molecule has 1 amide bonds. The lowest BCUT2D eigenvalue weighted by Gasteiger charge is -2.26. The number of rotatable bonds is 8. The molecule has 0 atom stereocenters. The van der Waals surface area contributed by atoms with Gasteiger partial charge in [-0.3, -0.25) is 9.69 Å². The van der Waals surface area contributed by atoms with Crippen molar-refractivity contribution in [2.75, 3.05) is 46.5 Å². The van der Waals surface area contributed by atoms with Crippen LogP contribution in [-0.2, 0) is 4.74 Å². The van der Waals surface area contributed by atoms with E-state index in [4.69, 9.17) is 21.1 Å². The van der Waals surface area contributed by atoms with E-state index in [-0.39, 0.29) is 5.91 Å². The van der Waals surface area contributed by atoms with E-state index in [0.29, 0.717) is 17.1 Å². The second-order valence-corrected chi connectivity index (χ2v) is 8.54. The van der Waals surface area contributed by atoms with E-state index in [0.717, 1.165) is 67.7 Å². The minimum absolute atomic E-state index is 0.0710. The van der Waals surface area contributed by atoms with E-state index in [2.05, 4.69) is 14.8 Å². The summed E-state index contributed by atoms with van der Waals surface area (Å²) in [4.78, 5) is 15.5. The van der Waals surface area contributed by atoms with Gasteiger partial charge in [0.1, 0.15) is 5.75 Å². The summed E-state index contributed by atoms with van der Waals surface area (Å²) in [5.74, 6) is 0.669. The Labute approximate surface area is 200 Å². The quantitative estimate of drug-likeness (QED) is 0.493. The average molecular weight is 468 g/mol. The summed E-state index contributed by atoms with van der Waals surface area (Å²) in [6, 6.07) is 17.4. The van der Waals surface area contributed by atoms with E-state index >= 15 is 0 Å². The van der Waals surface area contributed by atoms with Crippen LogP contribution in [0.3, 0.4) is 0 Å². The summed E-state index contributed by atoms with van der Waals surface area (Å²) in [5.41, 5.74) is 4.27. The van der Waals surface area contributed by atoms with Crippen molar-refractivity contribution in [3.05, 3.63) is 70.9 Å². The van der Waals surface area contributed by atoms with E-state index in [1.54, 1.807) is 7.11 Å². The zero-order valence-corrected chi connectivity index (χ0v) is 19.9. The molecule has 0 radical (unpaired) electrons. The third-order valence-electron chi connectivity index (χ3n) is 6.00. The van der Waals surface area contributed by atoms with E-state index in [1.807, 2.05) is 61.5 Å². The van der Waals surface area contributed by atoms with Crippen LogP contribution in [0.1, 0.15) is 22.5 Å². The third-order valence-corrected chi connectivity index (χ3v) is 6.25. The molecule has 0 unspecified atom stereocenters. The summed E-state index contributed by atoms with van der Waals surface area (Å²) >= 11 is 6.12. The molecule has 4 rings (SSSR count). The van der Waals surface area contributed by atoms with Gasteiger partial charge in [0.25, 0.3) is 5.91 Å². The molecule has 0 saturated carbocycles. The molecule has 1 saturated heterocycles. The number of nitrogens with one attached hydrogen (secondary N) is 1.